The van der Waals surface area contributed by atoms with Crippen LogP contribution in [0, 0.1) is 0 Å². The summed E-state index contributed by atoms with van der Waals surface area (Å²) in [6, 6.07) is -2.11. The highest BCUT2D eigenvalue weighted by Gasteiger charge is 2.36. The second-order valence-corrected chi connectivity index (χ2v) is 5.24. The van der Waals surface area contributed by atoms with Crippen LogP contribution in [0.5, 0.6) is 0 Å². The molecule has 0 saturated carbocycles. The van der Waals surface area contributed by atoms with E-state index in [-0.39, 0.29) is 11.8 Å². The first kappa shape index (κ1) is 16.9. The molecule has 1 fully saturated rings. The van der Waals surface area contributed by atoms with Crippen molar-refractivity contribution in [1.82, 2.24) is 15.5 Å². The minimum Gasteiger partial charge on any atom is -0.368 e. The van der Waals surface area contributed by atoms with E-state index in [4.69, 9.17) is 5.73 Å². The minimum absolute atomic E-state index is 0.307. The third-order valence-corrected chi connectivity index (χ3v) is 3.41. The van der Waals surface area contributed by atoms with Crippen molar-refractivity contribution in [2.75, 3.05) is 6.54 Å². The molecule has 0 aromatic carbocycles. The van der Waals surface area contributed by atoms with Gasteiger partial charge in [-0.2, -0.15) is 0 Å². The molecule has 8 nitrogen and oxygen atoms in total. The number of carbonyl (C=O) groups is 4. The summed E-state index contributed by atoms with van der Waals surface area (Å²) in [5.74, 6) is -1.65. The van der Waals surface area contributed by atoms with Gasteiger partial charge in [0.05, 0.1) is 0 Å². The molecule has 1 saturated heterocycles. The highest BCUT2D eigenvalue weighted by Crippen LogP contribution is 2.18. The molecule has 118 valence electrons. The van der Waals surface area contributed by atoms with Gasteiger partial charge in [-0.15, -0.1) is 0 Å². The van der Waals surface area contributed by atoms with E-state index in [2.05, 4.69) is 10.6 Å². The predicted octanol–water partition coefficient (Wildman–Crippen LogP) is -1.51. The zero-order chi connectivity index (χ0) is 16.2. The molecule has 0 aromatic rings. The summed E-state index contributed by atoms with van der Waals surface area (Å²) in [6.07, 6.45) is 1.22. The first-order chi connectivity index (χ1) is 9.73. The van der Waals surface area contributed by atoms with Crippen molar-refractivity contribution < 1.29 is 19.2 Å². The van der Waals surface area contributed by atoms with Gasteiger partial charge in [-0.05, 0) is 26.7 Å². The van der Waals surface area contributed by atoms with Crippen molar-refractivity contribution >= 4 is 23.6 Å². The van der Waals surface area contributed by atoms with Crippen molar-refractivity contribution in [1.29, 1.82) is 0 Å². The van der Waals surface area contributed by atoms with Gasteiger partial charge in [0.1, 0.15) is 18.1 Å². The van der Waals surface area contributed by atoms with Gasteiger partial charge in [-0.1, -0.05) is 0 Å². The molecule has 1 heterocycles. The third-order valence-electron chi connectivity index (χ3n) is 3.41. The predicted molar refractivity (Wildman–Crippen MR) is 74.8 cm³/mol. The normalized spacial score (nSPS) is 20.5. The Labute approximate surface area is 123 Å². The third kappa shape index (κ3) is 4.44. The average molecular weight is 298 g/mol. The first-order valence-electron chi connectivity index (χ1n) is 6.91. The fourth-order valence-electron chi connectivity index (χ4n) is 2.30. The Hall–Kier alpha value is -2.12. The lowest BCUT2D eigenvalue weighted by Crippen LogP contribution is -2.54. The summed E-state index contributed by atoms with van der Waals surface area (Å²) in [5, 5.41) is 4.99. The Morgan fingerprint density at radius 3 is 2.29 bits per heavy atom. The Morgan fingerprint density at radius 1 is 1.14 bits per heavy atom. The van der Waals surface area contributed by atoms with E-state index in [1.54, 1.807) is 6.92 Å². The van der Waals surface area contributed by atoms with Crippen molar-refractivity contribution in [3.63, 3.8) is 0 Å². The molecule has 0 aromatic heterocycles. The summed E-state index contributed by atoms with van der Waals surface area (Å²) >= 11 is 0. The maximum Gasteiger partial charge on any atom is 0.245 e. The lowest BCUT2D eigenvalue weighted by atomic mass is 10.1. The fraction of sp³-hybridized carbons (Fsp3) is 0.692. The molecule has 1 rings (SSSR count). The van der Waals surface area contributed by atoms with Gasteiger partial charge in [0.2, 0.25) is 23.6 Å². The van der Waals surface area contributed by atoms with Crippen LogP contribution in [0.15, 0.2) is 0 Å². The number of nitrogens with two attached hydrogens (primary N) is 1. The van der Waals surface area contributed by atoms with Crippen LogP contribution in [-0.2, 0) is 19.2 Å². The molecule has 1 aliphatic rings. The summed E-state index contributed by atoms with van der Waals surface area (Å²) in [5.41, 5.74) is 5.10. The van der Waals surface area contributed by atoms with Crippen molar-refractivity contribution in [3.05, 3.63) is 0 Å². The molecule has 3 atom stereocenters. The molecule has 8 heteroatoms. The van der Waals surface area contributed by atoms with Crippen molar-refractivity contribution in [2.45, 2.75) is 51.7 Å². The molecule has 0 aliphatic carbocycles. The second-order valence-electron chi connectivity index (χ2n) is 5.24. The van der Waals surface area contributed by atoms with Crippen LogP contribution in [0.3, 0.4) is 0 Å². The minimum atomic E-state index is -0.789. The van der Waals surface area contributed by atoms with Gasteiger partial charge in [0, 0.05) is 13.5 Å². The lowest BCUT2D eigenvalue weighted by Gasteiger charge is -2.27. The van der Waals surface area contributed by atoms with Gasteiger partial charge >= 0.3 is 0 Å². The first-order valence-corrected chi connectivity index (χ1v) is 6.91. The molecular weight excluding hydrogens is 276 g/mol. The maximum atomic E-state index is 12.3. The number of rotatable bonds is 5. The number of primary amides is 1. The quantitative estimate of drug-likeness (QED) is 0.571. The van der Waals surface area contributed by atoms with Crippen LogP contribution in [0.25, 0.3) is 0 Å². The Kier molecular flexibility index (Phi) is 5.69. The zero-order valence-electron chi connectivity index (χ0n) is 12.5. The second kappa shape index (κ2) is 7.05. The van der Waals surface area contributed by atoms with E-state index < -0.39 is 29.9 Å². The van der Waals surface area contributed by atoms with Crippen LogP contribution in [0.4, 0.5) is 0 Å². The monoisotopic (exact) mass is 298 g/mol. The number of carbonyl (C=O) groups excluding carboxylic acids is 4. The molecule has 4 amide bonds. The van der Waals surface area contributed by atoms with Crippen molar-refractivity contribution in [3.8, 4) is 0 Å². The summed E-state index contributed by atoms with van der Waals surface area (Å²) in [6.45, 7) is 4.84. The van der Waals surface area contributed by atoms with Crippen LogP contribution in [0.2, 0.25) is 0 Å². The molecule has 0 spiro atoms. The van der Waals surface area contributed by atoms with E-state index in [0.717, 1.165) is 0 Å². The van der Waals surface area contributed by atoms with Crippen LogP contribution in [0.1, 0.15) is 33.6 Å². The van der Waals surface area contributed by atoms with Gasteiger partial charge in [0.15, 0.2) is 0 Å². The van der Waals surface area contributed by atoms with E-state index in [9.17, 15) is 19.2 Å². The number of hydrogen-bond acceptors (Lipinski definition) is 4. The molecule has 0 radical (unpaired) electrons. The van der Waals surface area contributed by atoms with E-state index in [1.165, 1.54) is 18.7 Å². The number of likely N-dealkylation sites (tertiary alicyclic amines) is 1. The Balaban J connectivity index is 2.70. The highest BCUT2D eigenvalue weighted by atomic mass is 16.2. The molecule has 4 N–H and O–H groups in total. The van der Waals surface area contributed by atoms with E-state index in [1.807, 2.05) is 0 Å². The van der Waals surface area contributed by atoms with Gasteiger partial charge in [0.25, 0.3) is 0 Å². The maximum absolute atomic E-state index is 12.3. The number of amides is 4. The standard InChI is InChI=1S/C13H22N4O4/c1-7(11(14)19)16-12(20)10-5-4-6-17(10)13(21)8(2)15-9(3)18/h7-8,10H,4-6H2,1-3H3,(H2,14,19)(H,15,18)(H,16,20). The SMILES string of the molecule is CC(=O)NC(C)C(=O)N1CCCC1C(=O)NC(C)C(N)=O. The lowest BCUT2D eigenvalue weighted by molar-refractivity contribution is -0.141. The fourth-order valence-corrected chi connectivity index (χ4v) is 2.30. The molecule has 1 aliphatic heterocycles. The molecule has 0 bridgehead atoms. The average Bonchev–Trinajstić information content (AvgIpc) is 2.85. The van der Waals surface area contributed by atoms with E-state index >= 15 is 0 Å². The number of hydrogen-bond donors (Lipinski definition) is 3. The summed E-state index contributed by atoms with van der Waals surface area (Å²) in [7, 11) is 0. The topological polar surface area (TPSA) is 122 Å². The molecule has 21 heavy (non-hydrogen) atoms. The van der Waals surface area contributed by atoms with Crippen LogP contribution in [-0.4, -0.2) is 53.2 Å². The Bertz CT molecular complexity index is 451. The van der Waals surface area contributed by atoms with Gasteiger partial charge in [-0.25, -0.2) is 0 Å². The van der Waals surface area contributed by atoms with Crippen molar-refractivity contribution in [2.24, 2.45) is 5.73 Å². The Morgan fingerprint density at radius 2 is 1.76 bits per heavy atom. The van der Waals surface area contributed by atoms with E-state index in [0.29, 0.717) is 19.4 Å². The number of nitrogens with zero attached hydrogens (tertiary/aromatic N) is 1. The summed E-state index contributed by atoms with van der Waals surface area (Å²) < 4.78 is 0. The van der Waals surface area contributed by atoms with Gasteiger partial charge < -0.3 is 21.3 Å². The van der Waals surface area contributed by atoms with Crippen LogP contribution >= 0.6 is 0 Å². The smallest absolute Gasteiger partial charge is 0.245 e. The van der Waals surface area contributed by atoms with Crippen LogP contribution < -0.4 is 16.4 Å². The zero-order valence-corrected chi connectivity index (χ0v) is 12.5. The largest absolute Gasteiger partial charge is 0.368 e. The molecular formula is C13H22N4O4. The number of nitrogens with one attached hydrogen (secondary N) is 2. The molecule has 3 unspecified atom stereocenters. The highest BCUT2D eigenvalue weighted by molar-refractivity contribution is 5.93. The summed E-state index contributed by atoms with van der Waals surface area (Å²) in [4.78, 5) is 47.8. The van der Waals surface area contributed by atoms with Gasteiger partial charge in [-0.3, -0.25) is 19.2 Å².